The van der Waals surface area contributed by atoms with Crippen LogP contribution in [0, 0.1) is 12.7 Å². The average molecular weight is 294 g/mol. The lowest BCUT2D eigenvalue weighted by Gasteiger charge is -2.26. The van der Waals surface area contributed by atoms with Gasteiger partial charge in [0.2, 0.25) is 0 Å². The van der Waals surface area contributed by atoms with Crippen LogP contribution in [0.25, 0.3) is 0 Å². The number of nitrogens with zero attached hydrogens (tertiary/aromatic N) is 1. The van der Waals surface area contributed by atoms with Gasteiger partial charge < -0.3 is 15.4 Å². The van der Waals surface area contributed by atoms with Crippen LogP contribution in [0.3, 0.4) is 0 Å². The first kappa shape index (κ1) is 15.8. The third kappa shape index (κ3) is 3.73. The number of fused-ring (bicyclic) bond motifs is 1. The Morgan fingerprint density at radius 1 is 1.43 bits per heavy atom. The van der Waals surface area contributed by atoms with Gasteiger partial charge in [-0.15, -0.1) is 0 Å². The standard InChI is InChI=1S/C16H23FN2O2/c1-10-7-11-9-19(15(20)21-16(2,3)4)6-5-14(18)12(11)8-13(10)17/h7-8,14H,5-6,9,18H2,1-4H3/t14-/m1/s1. The predicted octanol–water partition coefficient (Wildman–Crippen LogP) is 3.27. The molecule has 21 heavy (non-hydrogen) atoms. The molecule has 1 aliphatic heterocycles. The number of amides is 1. The molecule has 0 aliphatic carbocycles. The predicted molar refractivity (Wildman–Crippen MR) is 79.3 cm³/mol. The van der Waals surface area contributed by atoms with Crippen molar-refractivity contribution in [3.8, 4) is 0 Å². The third-order valence-electron chi connectivity index (χ3n) is 3.54. The Kier molecular flexibility index (Phi) is 4.23. The second-order valence-electron chi connectivity index (χ2n) is 6.60. The average Bonchev–Trinajstić information content (AvgIpc) is 2.49. The lowest BCUT2D eigenvalue weighted by Crippen LogP contribution is -2.36. The van der Waals surface area contributed by atoms with Crippen LogP contribution in [-0.2, 0) is 11.3 Å². The number of hydrogen-bond donors (Lipinski definition) is 1. The van der Waals surface area contributed by atoms with E-state index >= 15 is 0 Å². The SMILES string of the molecule is Cc1cc2c(cc1F)[C@H](N)CCN(C(=O)OC(C)(C)C)C2. The second-order valence-corrected chi connectivity index (χ2v) is 6.60. The summed E-state index contributed by atoms with van der Waals surface area (Å²) in [6.45, 7) is 8.13. The molecule has 0 unspecified atom stereocenters. The van der Waals surface area contributed by atoms with Crippen LogP contribution in [0.15, 0.2) is 12.1 Å². The smallest absolute Gasteiger partial charge is 0.410 e. The van der Waals surface area contributed by atoms with Crippen LogP contribution in [0.5, 0.6) is 0 Å². The van der Waals surface area contributed by atoms with E-state index in [-0.39, 0.29) is 18.0 Å². The summed E-state index contributed by atoms with van der Waals surface area (Å²) >= 11 is 0. The summed E-state index contributed by atoms with van der Waals surface area (Å²) in [6, 6.07) is 3.00. The van der Waals surface area contributed by atoms with Crippen LogP contribution in [0.2, 0.25) is 0 Å². The normalized spacial score (nSPS) is 19.0. The number of nitrogens with two attached hydrogens (primary N) is 1. The number of carbonyl (C=O) groups excluding carboxylic acids is 1. The maximum Gasteiger partial charge on any atom is 0.410 e. The van der Waals surface area contributed by atoms with E-state index in [1.807, 2.05) is 20.8 Å². The molecule has 1 aromatic carbocycles. The van der Waals surface area contributed by atoms with Gasteiger partial charge in [0.15, 0.2) is 0 Å². The fourth-order valence-electron chi connectivity index (χ4n) is 2.46. The molecule has 2 rings (SSSR count). The van der Waals surface area contributed by atoms with Crippen molar-refractivity contribution in [2.75, 3.05) is 6.54 Å². The zero-order valence-corrected chi connectivity index (χ0v) is 13.1. The van der Waals surface area contributed by atoms with Gasteiger partial charge in [-0.05, 0) is 56.9 Å². The summed E-state index contributed by atoms with van der Waals surface area (Å²) < 4.78 is 19.1. The summed E-state index contributed by atoms with van der Waals surface area (Å²) in [6.07, 6.45) is 0.235. The van der Waals surface area contributed by atoms with E-state index in [2.05, 4.69) is 0 Å². The van der Waals surface area contributed by atoms with Crippen molar-refractivity contribution in [3.63, 3.8) is 0 Å². The van der Waals surface area contributed by atoms with E-state index in [4.69, 9.17) is 10.5 Å². The van der Waals surface area contributed by atoms with Crippen LogP contribution in [-0.4, -0.2) is 23.1 Å². The van der Waals surface area contributed by atoms with Crippen LogP contribution < -0.4 is 5.73 Å². The summed E-state index contributed by atoms with van der Waals surface area (Å²) in [7, 11) is 0. The van der Waals surface area contributed by atoms with Gasteiger partial charge in [0.05, 0.1) is 0 Å². The van der Waals surface area contributed by atoms with E-state index < -0.39 is 5.60 Å². The van der Waals surface area contributed by atoms with Gasteiger partial charge >= 0.3 is 6.09 Å². The highest BCUT2D eigenvalue weighted by atomic mass is 19.1. The quantitative estimate of drug-likeness (QED) is 0.799. The molecule has 0 radical (unpaired) electrons. The molecule has 1 aliphatic rings. The molecule has 0 bridgehead atoms. The third-order valence-corrected chi connectivity index (χ3v) is 3.54. The topological polar surface area (TPSA) is 55.6 Å². The second kappa shape index (κ2) is 5.64. The molecule has 1 aromatic rings. The van der Waals surface area contributed by atoms with Crippen LogP contribution in [0.1, 0.15) is 49.9 Å². The molecule has 0 fully saturated rings. The van der Waals surface area contributed by atoms with Gasteiger partial charge in [-0.2, -0.15) is 0 Å². The first-order chi connectivity index (χ1) is 9.67. The van der Waals surface area contributed by atoms with E-state index in [0.717, 1.165) is 11.1 Å². The Bertz CT molecular complexity index is 552. The molecule has 0 spiro atoms. The zero-order valence-electron chi connectivity index (χ0n) is 13.1. The maximum atomic E-state index is 13.7. The van der Waals surface area contributed by atoms with Crippen molar-refractivity contribution < 1.29 is 13.9 Å². The molecule has 1 atom stereocenters. The Labute approximate surface area is 125 Å². The molecule has 5 heteroatoms. The van der Waals surface area contributed by atoms with E-state index in [1.54, 1.807) is 17.9 Å². The van der Waals surface area contributed by atoms with Gasteiger partial charge in [-0.3, -0.25) is 0 Å². The Balaban J connectivity index is 2.27. The maximum absolute atomic E-state index is 13.7. The number of ether oxygens (including phenoxy) is 1. The number of hydrogen-bond acceptors (Lipinski definition) is 3. The highest BCUT2D eigenvalue weighted by Crippen LogP contribution is 2.28. The van der Waals surface area contributed by atoms with E-state index in [1.165, 1.54) is 6.07 Å². The van der Waals surface area contributed by atoms with Crippen molar-refractivity contribution in [2.24, 2.45) is 5.73 Å². The first-order valence-corrected chi connectivity index (χ1v) is 7.20. The van der Waals surface area contributed by atoms with Crippen LogP contribution in [0.4, 0.5) is 9.18 Å². The van der Waals surface area contributed by atoms with Crippen molar-refractivity contribution in [1.29, 1.82) is 0 Å². The summed E-state index contributed by atoms with van der Waals surface area (Å²) in [5.41, 5.74) is 7.81. The largest absolute Gasteiger partial charge is 0.444 e. The summed E-state index contributed by atoms with van der Waals surface area (Å²) in [4.78, 5) is 13.9. The molecular formula is C16H23FN2O2. The molecule has 0 saturated heterocycles. The molecule has 1 amide bonds. The fraction of sp³-hybridized carbons (Fsp3) is 0.562. The Hall–Kier alpha value is -1.62. The van der Waals surface area contributed by atoms with Gasteiger partial charge in [-0.1, -0.05) is 6.07 Å². The molecule has 0 saturated carbocycles. The van der Waals surface area contributed by atoms with E-state index in [9.17, 15) is 9.18 Å². The fourth-order valence-corrected chi connectivity index (χ4v) is 2.46. The number of benzene rings is 1. The molecule has 0 aromatic heterocycles. The number of aryl methyl sites for hydroxylation is 1. The van der Waals surface area contributed by atoms with Crippen LogP contribution >= 0.6 is 0 Å². The Morgan fingerprint density at radius 2 is 2.10 bits per heavy atom. The monoisotopic (exact) mass is 294 g/mol. The van der Waals surface area contributed by atoms with Crippen molar-refractivity contribution in [1.82, 2.24) is 4.90 Å². The lowest BCUT2D eigenvalue weighted by atomic mass is 9.98. The van der Waals surface area contributed by atoms with Gasteiger partial charge in [0.1, 0.15) is 11.4 Å². The number of halogens is 1. The number of carbonyl (C=O) groups is 1. The minimum absolute atomic E-state index is 0.255. The highest BCUT2D eigenvalue weighted by Gasteiger charge is 2.27. The molecular weight excluding hydrogens is 271 g/mol. The molecule has 116 valence electrons. The number of rotatable bonds is 0. The minimum atomic E-state index is -0.535. The molecule has 4 nitrogen and oxygen atoms in total. The van der Waals surface area contributed by atoms with Gasteiger partial charge in [-0.25, -0.2) is 9.18 Å². The van der Waals surface area contributed by atoms with Crippen molar-refractivity contribution in [3.05, 3.63) is 34.6 Å². The summed E-state index contributed by atoms with van der Waals surface area (Å²) in [5, 5.41) is 0. The van der Waals surface area contributed by atoms with E-state index in [0.29, 0.717) is 25.1 Å². The van der Waals surface area contributed by atoms with Gasteiger partial charge in [0.25, 0.3) is 0 Å². The Morgan fingerprint density at radius 3 is 2.71 bits per heavy atom. The highest BCUT2D eigenvalue weighted by molar-refractivity contribution is 5.68. The molecule has 2 N–H and O–H groups in total. The molecule has 1 heterocycles. The zero-order chi connectivity index (χ0) is 15.8. The first-order valence-electron chi connectivity index (χ1n) is 7.20. The van der Waals surface area contributed by atoms with Crippen molar-refractivity contribution >= 4 is 6.09 Å². The lowest BCUT2D eigenvalue weighted by molar-refractivity contribution is 0.0235. The minimum Gasteiger partial charge on any atom is -0.444 e. The van der Waals surface area contributed by atoms with Gasteiger partial charge in [0, 0.05) is 19.1 Å². The van der Waals surface area contributed by atoms with Crippen molar-refractivity contribution in [2.45, 2.75) is 52.3 Å². The summed E-state index contributed by atoms with van der Waals surface area (Å²) in [5.74, 6) is -0.255.